The Morgan fingerprint density at radius 3 is 1.92 bits per heavy atom. The van der Waals surface area contributed by atoms with Gasteiger partial charge in [0.2, 0.25) is 0 Å². The predicted molar refractivity (Wildman–Crippen MR) is 106 cm³/mol. The van der Waals surface area contributed by atoms with E-state index < -0.39 is 13.4 Å². The molecule has 5 nitrogen and oxygen atoms in total. The van der Waals surface area contributed by atoms with Crippen molar-refractivity contribution >= 4 is 13.3 Å². The summed E-state index contributed by atoms with van der Waals surface area (Å²) in [4.78, 5) is 0. The third kappa shape index (κ3) is 5.34. The quantitative estimate of drug-likeness (QED) is 0.556. The van der Waals surface area contributed by atoms with Crippen molar-refractivity contribution in [1.29, 1.82) is 0 Å². The van der Waals surface area contributed by atoms with E-state index in [4.69, 9.17) is 13.8 Å². The Morgan fingerprint density at radius 2 is 1.38 bits per heavy atom. The molecule has 0 saturated heterocycles. The van der Waals surface area contributed by atoms with Gasteiger partial charge in [0.15, 0.2) is 5.78 Å². The first-order chi connectivity index (χ1) is 12.4. The zero-order valence-corrected chi connectivity index (χ0v) is 16.9. The largest absolute Gasteiger partial charge is 0.495 e. The lowest BCUT2D eigenvalue weighted by molar-refractivity contribution is 0.138. The van der Waals surface area contributed by atoms with Gasteiger partial charge in [-0.15, -0.1) is 0 Å². The van der Waals surface area contributed by atoms with Crippen LogP contribution in [0.1, 0.15) is 39.0 Å². The molecule has 6 heteroatoms. The second-order valence-corrected chi connectivity index (χ2v) is 8.52. The summed E-state index contributed by atoms with van der Waals surface area (Å²) in [5.74, 6) is -0.00104. The van der Waals surface area contributed by atoms with E-state index in [1.165, 1.54) is 0 Å². The van der Waals surface area contributed by atoms with Crippen molar-refractivity contribution in [2.24, 2.45) is 0 Å². The molecule has 0 amide bonds. The van der Waals surface area contributed by atoms with E-state index in [-0.39, 0.29) is 12.2 Å². The van der Waals surface area contributed by atoms with Gasteiger partial charge in [0, 0.05) is 0 Å². The molecule has 1 atom stereocenters. The Bertz CT molecular complexity index is 720. The first kappa shape index (κ1) is 20.5. The van der Waals surface area contributed by atoms with Crippen molar-refractivity contribution in [1.82, 2.24) is 0 Å². The topological polar surface area (TPSA) is 56.8 Å². The van der Waals surface area contributed by atoms with Crippen LogP contribution in [-0.4, -0.2) is 19.3 Å². The molecule has 0 aliphatic rings. The zero-order valence-electron chi connectivity index (χ0n) is 16.0. The Balaban J connectivity index is 2.50. The number of hydrogen-bond donors (Lipinski definition) is 1. The summed E-state index contributed by atoms with van der Waals surface area (Å²) >= 11 is 0. The molecule has 0 spiro atoms. The first-order valence-electron chi connectivity index (χ1n) is 8.76. The van der Waals surface area contributed by atoms with E-state index in [2.05, 4.69) is 5.32 Å². The smallest absolute Gasteiger partial charge is 0.357 e. The lowest BCUT2D eigenvalue weighted by atomic mass is 10.2. The lowest BCUT2D eigenvalue weighted by Gasteiger charge is -2.31. The number of methoxy groups -OCH3 is 1. The van der Waals surface area contributed by atoms with Gasteiger partial charge in [-0.2, -0.15) is 0 Å². The maximum atomic E-state index is 13.8. The number of benzene rings is 2. The fraction of sp³-hybridized carbons (Fsp3) is 0.400. The van der Waals surface area contributed by atoms with Crippen LogP contribution in [0.3, 0.4) is 0 Å². The summed E-state index contributed by atoms with van der Waals surface area (Å²) in [7, 11) is -1.92. The molecule has 0 radical (unpaired) electrons. The molecule has 142 valence electrons. The SMILES string of the molecule is COc1ccccc1NC(c1ccccc1)P(=O)(OC(C)C)OC(C)C. The molecular weight excluding hydrogens is 349 g/mol. The third-order valence-electron chi connectivity index (χ3n) is 3.55. The van der Waals surface area contributed by atoms with Crippen molar-refractivity contribution in [3.05, 3.63) is 60.2 Å². The minimum atomic E-state index is -3.53. The Morgan fingerprint density at radius 1 is 0.846 bits per heavy atom. The summed E-state index contributed by atoms with van der Waals surface area (Å²) in [6, 6.07) is 17.1. The van der Waals surface area contributed by atoms with Crippen molar-refractivity contribution < 1.29 is 18.3 Å². The van der Waals surface area contributed by atoms with Gasteiger partial charge in [0.1, 0.15) is 5.75 Å². The van der Waals surface area contributed by atoms with Crippen LogP contribution >= 0.6 is 7.60 Å². The van der Waals surface area contributed by atoms with Crippen molar-refractivity contribution in [2.45, 2.75) is 45.7 Å². The standard InChI is InChI=1S/C20H28NO4P/c1-15(2)24-26(22,25-16(3)4)20(17-11-7-6-8-12-17)21-18-13-9-10-14-19(18)23-5/h6-16,20-21H,1-5H3. The number of para-hydroxylation sites is 2. The van der Waals surface area contributed by atoms with E-state index in [1.807, 2.05) is 82.3 Å². The number of nitrogens with one attached hydrogen (secondary N) is 1. The summed E-state index contributed by atoms with van der Waals surface area (Å²) in [5.41, 5.74) is 1.55. The molecule has 0 aliphatic heterocycles. The molecule has 0 aliphatic carbocycles. The zero-order chi connectivity index (χ0) is 19.2. The molecule has 0 saturated carbocycles. The van der Waals surface area contributed by atoms with Crippen molar-refractivity contribution in [3.8, 4) is 5.75 Å². The normalized spacial score (nSPS) is 13.0. The number of ether oxygens (including phenoxy) is 1. The Kier molecular flexibility index (Phi) is 7.27. The Hall–Kier alpha value is -1.81. The van der Waals surface area contributed by atoms with E-state index in [0.29, 0.717) is 5.75 Å². The average molecular weight is 377 g/mol. The van der Waals surface area contributed by atoms with Crippen LogP contribution in [0.5, 0.6) is 5.75 Å². The highest BCUT2D eigenvalue weighted by Crippen LogP contribution is 2.62. The maximum Gasteiger partial charge on any atom is 0.357 e. The van der Waals surface area contributed by atoms with E-state index in [0.717, 1.165) is 11.3 Å². The highest BCUT2D eigenvalue weighted by molar-refractivity contribution is 7.54. The van der Waals surface area contributed by atoms with Crippen LogP contribution in [0.4, 0.5) is 5.69 Å². The minimum absolute atomic E-state index is 0.245. The number of rotatable bonds is 9. The van der Waals surface area contributed by atoms with Gasteiger partial charge >= 0.3 is 7.60 Å². The van der Waals surface area contributed by atoms with Crippen LogP contribution in [0.15, 0.2) is 54.6 Å². The average Bonchev–Trinajstić information content (AvgIpc) is 2.59. The number of hydrogen-bond acceptors (Lipinski definition) is 5. The van der Waals surface area contributed by atoms with Gasteiger partial charge in [-0.25, -0.2) is 0 Å². The van der Waals surface area contributed by atoms with Gasteiger partial charge in [-0.05, 0) is 45.4 Å². The van der Waals surface area contributed by atoms with E-state index >= 15 is 0 Å². The fourth-order valence-corrected chi connectivity index (χ4v) is 4.93. The van der Waals surface area contributed by atoms with E-state index in [9.17, 15) is 4.57 Å². The highest BCUT2D eigenvalue weighted by Gasteiger charge is 2.39. The Labute approximate surface area is 156 Å². The summed E-state index contributed by atoms with van der Waals surface area (Å²) in [5, 5.41) is 3.33. The van der Waals surface area contributed by atoms with Gasteiger partial charge in [-0.3, -0.25) is 4.57 Å². The molecule has 0 aromatic heterocycles. The summed E-state index contributed by atoms with van der Waals surface area (Å²) < 4.78 is 30.9. The molecule has 2 aromatic carbocycles. The van der Waals surface area contributed by atoms with Crippen LogP contribution in [-0.2, 0) is 13.6 Å². The maximum absolute atomic E-state index is 13.8. The van der Waals surface area contributed by atoms with Crippen LogP contribution in [0, 0.1) is 0 Å². The second kappa shape index (κ2) is 9.22. The second-order valence-electron chi connectivity index (χ2n) is 6.51. The highest BCUT2D eigenvalue weighted by atomic mass is 31.2. The van der Waals surface area contributed by atoms with Crippen molar-refractivity contribution in [2.75, 3.05) is 12.4 Å². The molecule has 2 aromatic rings. The summed E-state index contributed by atoms with van der Waals surface area (Å²) in [6.07, 6.45) is -0.490. The van der Waals surface area contributed by atoms with Crippen LogP contribution < -0.4 is 10.1 Å². The third-order valence-corrected chi connectivity index (χ3v) is 6.04. The molecule has 0 bridgehead atoms. The minimum Gasteiger partial charge on any atom is -0.495 e. The van der Waals surface area contributed by atoms with Gasteiger partial charge in [0.05, 0.1) is 25.0 Å². The molecule has 0 heterocycles. The van der Waals surface area contributed by atoms with Gasteiger partial charge < -0.3 is 19.1 Å². The first-order valence-corrected chi connectivity index (χ1v) is 10.4. The van der Waals surface area contributed by atoms with Gasteiger partial charge in [0.25, 0.3) is 0 Å². The molecule has 1 unspecified atom stereocenters. The number of anilines is 1. The fourth-order valence-electron chi connectivity index (χ4n) is 2.63. The van der Waals surface area contributed by atoms with E-state index in [1.54, 1.807) is 7.11 Å². The summed E-state index contributed by atoms with van der Waals surface area (Å²) in [6.45, 7) is 7.39. The molecule has 26 heavy (non-hydrogen) atoms. The van der Waals surface area contributed by atoms with Crippen LogP contribution in [0.25, 0.3) is 0 Å². The molecule has 2 rings (SSSR count). The van der Waals surface area contributed by atoms with Crippen molar-refractivity contribution in [3.63, 3.8) is 0 Å². The molecule has 1 N–H and O–H groups in total. The van der Waals surface area contributed by atoms with Crippen LogP contribution in [0.2, 0.25) is 0 Å². The van der Waals surface area contributed by atoms with Gasteiger partial charge in [-0.1, -0.05) is 42.5 Å². The predicted octanol–water partition coefficient (Wildman–Crippen LogP) is 5.85. The monoisotopic (exact) mass is 377 g/mol. The lowest BCUT2D eigenvalue weighted by Crippen LogP contribution is -2.19. The molecular formula is C20H28NO4P. The molecule has 0 fully saturated rings.